The number of piperidine rings is 1. The molecule has 0 spiro atoms. The van der Waals surface area contributed by atoms with E-state index in [4.69, 9.17) is 0 Å². The Balaban J connectivity index is 2.18. The summed E-state index contributed by atoms with van der Waals surface area (Å²) in [6.07, 6.45) is 4.88. The number of benzene rings is 1. The maximum absolute atomic E-state index is 13.8. The van der Waals surface area contributed by atoms with Crippen molar-refractivity contribution in [2.24, 2.45) is 0 Å². The van der Waals surface area contributed by atoms with Crippen LogP contribution in [0.15, 0.2) is 12.1 Å². The maximum Gasteiger partial charge on any atom is 0.126 e. The number of rotatable bonds is 3. The van der Waals surface area contributed by atoms with E-state index in [1.165, 1.54) is 24.8 Å². The molecule has 100 valence electrons. The lowest BCUT2D eigenvalue weighted by Crippen LogP contribution is -2.35. The largest absolute Gasteiger partial charge is 0.314 e. The summed E-state index contributed by atoms with van der Waals surface area (Å²) in [5, 5.41) is 3.56. The summed E-state index contributed by atoms with van der Waals surface area (Å²) >= 11 is 0. The van der Waals surface area contributed by atoms with Crippen molar-refractivity contribution in [2.45, 2.75) is 58.4 Å². The fraction of sp³-hybridized carbons (Fsp3) is 0.625. The normalized spacial score (nSPS) is 20.4. The molecule has 1 aliphatic heterocycles. The lowest BCUT2D eigenvalue weighted by Gasteiger charge is -2.24. The molecule has 1 nitrogen and oxygen atoms in total. The molecule has 0 saturated carbocycles. The number of halogens is 1. The van der Waals surface area contributed by atoms with E-state index in [0.29, 0.717) is 6.04 Å². The van der Waals surface area contributed by atoms with Crippen molar-refractivity contribution >= 4 is 0 Å². The van der Waals surface area contributed by atoms with Gasteiger partial charge in [0, 0.05) is 6.04 Å². The second-order valence-electron chi connectivity index (χ2n) is 5.81. The molecular weight excluding hydrogens is 225 g/mol. The monoisotopic (exact) mass is 249 g/mol. The van der Waals surface area contributed by atoms with Gasteiger partial charge in [0.2, 0.25) is 0 Å². The highest BCUT2D eigenvalue weighted by Crippen LogP contribution is 2.24. The van der Waals surface area contributed by atoms with Gasteiger partial charge in [-0.3, -0.25) is 0 Å². The van der Waals surface area contributed by atoms with Gasteiger partial charge in [-0.25, -0.2) is 4.39 Å². The minimum atomic E-state index is -0.0529. The molecule has 1 aliphatic rings. The molecule has 0 radical (unpaired) electrons. The van der Waals surface area contributed by atoms with Gasteiger partial charge < -0.3 is 5.32 Å². The lowest BCUT2D eigenvalue weighted by molar-refractivity contribution is 0.398. The van der Waals surface area contributed by atoms with Crippen molar-refractivity contribution in [1.82, 2.24) is 5.32 Å². The molecule has 1 fully saturated rings. The Kier molecular flexibility index (Phi) is 4.39. The van der Waals surface area contributed by atoms with Gasteiger partial charge in [-0.15, -0.1) is 0 Å². The molecule has 0 bridgehead atoms. The predicted octanol–water partition coefficient (Wildman–Crippen LogP) is 3.94. The minimum Gasteiger partial charge on any atom is -0.314 e. The van der Waals surface area contributed by atoms with E-state index < -0.39 is 0 Å². The second-order valence-corrected chi connectivity index (χ2v) is 5.81. The number of aryl methyl sites for hydroxylation is 1. The highest BCUT2D eigenvalue weighted by atomic mass is 19.1. The summed E-state index contributed by atoms with van der Waals surface area (Å²) in [6.45, 7) is 7.25. The Bertz CT molecular complexity index is 406. The van der Waals surface area contributed by atoms with Crippen molar-refractivity contribution < 1.29 is 4.39 Å². The van der Waals surface area contributed by atoms with Crippen molar-refractivity contribution in [3.8, 4) is 0 Å². The van der Waals surface area contributed by atoms with Gasteiger partial charge in [0.05, 0.1) is 0 Å². The van der Waals surface area contributed by atoms with Crippen LogP contribution in [0.1, 0.15) is 55.7 Å². The third kappa shape index (κ3) is 3.11. The molecule has 1 saturated heterocycles. The number of hydrogen-bond donors (Lipinski definition) is 1. The Labute approximate surface area is 110 Å². The average Bonchev–Trinajstić information content (AvgIpc) is 2.33. The summed E-state index contributed by atoms with van der Waals surface area (Å²) in [5.41, 5.74) is 3.25. The van der Waals surface area contributed by atoms with E-state index in [-0.39, 0.29) is 11.7 Å². The molecule has 1 aromatic rings. The highest BCUT2D eigenvalue weighted by molar-refractivity contribution is 5.34. The van der Waals surface area contributed by atoms with Crippen LogP contribution in [0.4, 0.5) is 4.39 Å². The van der Waals surface area contributed by atoms with Crippen LogP contribution >= 0.6 is 0 Å². The van der Waals surface area contributed by atoms with Gasteiger partial charge in [0.15, 0.2) is 0 Å². The van der Waals surface area contributed by atoms with E-state index >= 15 is 0 Å². The number of nitrogens with one attached hydrogen (secondary N) is 1. The molecule has 0 aromatic heterocycles. The standard InChI is InChI=1S/C16H24FN/c1-11(2)15-10-13(12(3)8-16(15)17)9-14-6-4-5-7-18-14/h8,10-11,14,18H,4-7,9H2,1-3H3. The van der Waals surface area contributed by atoms with E-state index in [1.54, 1.807) is 6.07 Å². The van der Waals surface area contributed by atoms with Crippen LogP contribution in [0.3, 0.4) is 0 Å². The van der Waals surface area contributed by atoms with Crippen LogP contribution in [-0.2, 0) is 6.42 Å². The quantitative estimate of drug-likeness (QED) is 0.855. The zero-order valence-corrected chi connectivity index (χ0v) is 11.7. The van der Waals surface area contributed by atoms with E-state index in [0.717, 1.165) is 24.1 Å². The van der Waals surface area contributed by atoms with E-state index in [2.05, 4.69) is 25.2 Å². The molecule has 1 aromatic carbocycles. The molecule has 1 unspecified atom stereocenters. The van der Waals surface area contributed by atoms with Crippen LogP contribution in [0.25, 0.3) is 0 Å². The molecular formula is C16H24FN. The SMILES string of the molecule is Cc1cc(F)c(C(C)C)cc1CC1CCCCN1. The van der Waals surface area contributed by atoms with Crippen molar-refractivity contribution in [2.75, 3.05) is 6.54 Å². The average molecular weight is 249 g/mol. The Morgan fingerprint density at radius 3 is 2.72 bits per heavy atom. The van der Waals surface area contributed by atoms with Crippen molar-refractivity contribution in [1.29, 1.82) is 0 Å². The highest BCUT2D eigenvalue weighted by Gasteiger charge is 2.16. The molecule has 0 aliphatic carbocycles. The summed E-state index contributed by atoms with van der Waals surface area (Å²) < 4.78 is 13.8. The Morgan fingerprint density at radius 1 is 1.33 bits per heavy atom. The summed E-state index contributed by atoms with van der Waals surface area (Å²) in [7, 11) is 0. The number of hydrogen-bond acceptors (Lipinski definition) is 1. The summed E-state index contributed by atoms with van der Waals surface area (Å²) in [5.74, 6) is 0.200. The topological polar surface area (TPSA) is 12.0 Å². The van der Waals surface area contributed by atoms with Gasteiger partial charge >= 0.3 is 0 Å². The molecule has 1 heterocycles. The predicted molar refractivity (Wildman–Crippen MR) is 74.6 cm³/mol. The molecule has 0 amide bonds. The summed E-state index contributed by atoms with van der Waals surface area (Å²) in [6, 6.07) is 4.35. The molecule has 2 heteroatoms. The first kappa shape index (κ1) is 13.5. The molecule has 1 N–H and O–H groups in total. The first-order valence-electron chi connectivity index (χ1n) is 7.10. The van der Waals surface area contributed by atoms with Crippen LogP contribution < -0.4 is 5.32 Å². The van der Waals surface area contributed by atoms with Gasteiger partial charge in [0.1, 0.15) is 5.82 Å². The zero-order chi connectivity index (χ0) is 13.1. The fourth-order valence-electron chi connectivity index (χ4n) is 2.76. The van der Waals surface area contributed by atoms with Crippen molar-refractivity contribution in [3.05, 3.63) is 34.6 Å². The minimum absolute atomic E-state index is 0.0529. The van der Waals surface area contributed by atoms with Crippen LogP contribution in [0.5, 0.6) is 0 Å². The van der Waals surface area contributed by atoms with Gasteiger partial charge in [-0.2, -0.15) is 0 Å². The lowest BCUT2D eigenvalue weighted by atomic mass is 9.91. The fourth-order valence-corrected chi connectivity index (χ4v) is 2.76. The smallest absolute Gasteiger partial charge is 0.126 e. The first-order valence-corrected chi connectivity index (χ1v) is 7.10. The zero-order valence-electron chi connectivity index (χ0n) is 11.7. The molecule has 2 rings (SSSR count). The summed E-state index contributed by atoms with van der Waals surface area (Å²) in [4.78, 5) is 0. The van der Waals surface area contributed by atoms with Crippen LogP contribution in [0, 0.1) is 12.7 Å². The van der Waals surface area contributed by atoms with Gasteiger partial charge in [-0.1, -0.05) is 26.3 Å². The first-order chi connectivity index (χ1) is 8.58. The third-order valence-electron chi connectivity index (χ3n) is 3.96. The second kappa shape index (κ2) is 5.83. The van der Waals surface area contributed by atoms with Gasteiger partial charge in [-0.05, 0) is 61.4 Å². The Hall–Kier alpha value is -0.890. The van der Waals surface area contributed by atoms with Crippen LogP contribution in [0.2, 0.25) is 0 Å². The Morgan fingerprint density at radius 2 is 2.11 bits per heavy atom. The van der Waals surface area contributed by atoms with Gasteiger partial charge in [0.25, 0.3) is 0 Å². The molecule has 1 atom stereocenters. The maximum atomic E-state index is 13.8. The van der Waals surface area contributed by atoms with E-state index in [1.807, 2.05) is 6.92 Å². The van der Waals surface area contributed by atoms with Crippen molar-refractivity contribution in [3.63, 3.8) is 0 Å². The van der Waals surface area contributed by atoms with E-state index in [9.17, 15) is 4.39 Å². The molecule has 18 heavy (non-hydrogen) atoms. The van der Waals surface area contributed by atoms with Crippen LogP contribution in [-0.4, -0.2) is 12.6 Å². The third-order valence-corrected chi connectivity index (χ3v) is 3.96.